The van der Waals surface area contributed by atoms with Gasteiger partial charge in [-0.3, -0.25) is 9.59 Å². The fraction of sp³-hybridized carbons (Fsp3) is 0.750. The molecule has 0 radical (unpaired) electrons. The van der Waals surface area contributed by atoms with E-state index < -0.39 is 5.91 Å². The summed E-state index contributed by atoms with van der Waals surface area (Å²) in [4.78, 5) is 21.0. The second-order valence-electron chi connectivity index (χ2n) is 2.50. The highest BCUT2D eigenvalue weighted by Gasteiger charge is 1.99. The maximum absolute atomic E-state index is 10.8. The lowest BCUT2D eigenvalue weighted by Crippen LogP contribution is -2.29. The topological polar surface area (TPSA) is 90.7 Å². The Hall–Kier alpha value is -1.14. The molecule has 1 amide bonds. The third-order valence-corrected chi connectivity index (χ3v) is 1.24. The van der Waals surface area contributed by atoms with Crippen molar-refractivity contribution in [2.24, 2.45) is 5.73 Å². The number of rotatable bonds is 8. The number of esters is 1. The lowest BCUT2D eigenvalue weighted by molar-refractivity contribution is -0.142. The Labute approximate surface area is 82.7 Å². The molecule has 14 heavy (non-hydrogen) atoms. The normalized spacial score (nSPS) is 9.79. The smallest absolute Gasteiger partial charge is 0.319 e. The Kier molecular flexibility index (Phi) is 7.77. The van der Waals surface area contributed by atoms with Crippen molar-refractivity contribution in [3.8, 4) is 0 Å². The summed E-state index contributed by atoms with van der Waals surface area (Å²) in [5, 5.41) is 2.79. The van der Waals surface area contributed by atoms with Gasteiger partial charge >= 0.3 is 5.97 Å². The molecule has 82 valence electrons. The minimum absolute atomic E-state index is 0.0961. The molecule has 0 fully saturated rings. The van der Waals surface area contributed by atoms with Crippen molar-refractivity contribution in [2.45, 2.75) is 6.92 Å². The van der Waals surface area contributed by atoms with Crippen LogP contribution in [0.25, 0.3) is 0 Å². The molecule has 0 atom stereocenters. The second kappa shape index (κ2) is 8.46. The van der Waals surface area contributed by atoms with Gasteiger partial charge in [-0.1, -0.05) is 0 Å². The first-order valence-corrected chi connectivity index (χ1v) is 4.39. The van der Waals surface area contributed by atoms with E-state index in [0.29, 0.717) is 19.8 Å². The maximum Gasteiger partial charge on any atom is 0.319 e. The largest absolute Gasteiger partial charge is 0.465 e. The van der Waals surface area contributed by atoms with Crippen LogP contribution in [-0.2, 0) is 19.1 Å². The molecule has 0 saturated heterocycles. The monoisotopic (exact) mass is 204 g/mol. The van der Waals surface area contributed by atoms with Crippen LogP contribution in [0.4, 0.5) is 0 Å². The molecule has 0 aliphatic rings. The van der Waals surface area contributed by atoms with Crippen LogP contribution in [0.5, 0.6) is 0 Å². The summed E-state index contributed by atoms with van der Waals surface area (Å²) in [5.41, 5.74) is 4.84. The summed E-state index contributed by atoms with van der Waals surface area (Å²) in [5.74, 6) is -0.808. The minimum atomic E-state index is -0.504. The molecule has 0 saturated carbocycles. The summed E-state index contributed by atoms with van der Waals surface area (Å²) in [7, 11) is 0. The van der Waals surface area contributed by atoms with E-state index in [9.17, 15) is 9.59 Å². The number of hydrogen-bond acceptors (Lipinski definition) is 5. The molecular formula is C8H16N2O4. The molecule has 0 aliphatic carbocycles. The van der Waals surface area contributed by atoms with E-state index in [1.807, 2.05) is 0 Å². The van der Waals surface area contributed by atoms with Gasteiger partial charge < -0.3 is 20.5 Å². The molecule has 0 heterocycles. The molecule has 6 nitrogen and oxygen atoms in total. The van der Waals surface area contributed by atoms with Crippen molar-refractivity contribution in [2.75, 3.05) is 32.9 Å². The summed E-state index contributed by atoms with van der Waals surface area (Å²) >= 11 is 0. The van der Waals surface area contributed by atoms with Crippen molar-refractivity contribution >= 4 is 11.9 Å². The van der Waals surface area contributed by atoms with Crippen LogP contribution in [0.2, 0.25) is 0 Å². The van der Waals surface area contributed by atoms with E-state index >= 15 is 0 Å². The lowest BCUT2D eigenvalue weighted by atomic mass is 10.6. The molecule has 0 rings (SSSR count). The molecule has 0 bridgehead atoms. The Morgan fingerprint density at radius 1 is 1.43 bits per heavy atom. The Morgan fingerprint density at radius 3 is 2.71 bits per heavy atom. The van der Waals surface area contributed by atoms with Crippen LogP contribution in [0.3, 0.4) is 0 Å². The minimum Gasteiger partial charge on any atom is -0.465 e. The van der Waals surface area contributed by atoms with E-state index in [-0.39, 0.29) is 19.1 Å². The average Bonchev–Trinajstić information content (AvgIpc) is 2.11. The van der Waals surface area contributed by atoms with Crippen molar-refractivity contribution in [3.05, 3.63) is 0 Å². The zero-order valence-corrected chi connectivity index (χ0v) is 8.25. The predicted octanol–water partition coefficient (Wildman–Crippen LogP) is -1.36. The molecule has 0 aromatic heterocycles. The SMILES string of the molecule is CCOC(=O)CNCCOCC(N)=O. The van der Waals surface area contributed by atoms with E-state index in [0.717, 1.165) is 0 Å². The standard InChI is InChI=1S/C8H16N2O4/c1-2-14-8(12)5-10-3-4-13-6-7(9)11/h10H,2-6H2,1H3,(H2,9,11). The summed E-state index contributed by atoms with van der Waals surface area (Å²) in [6.07, 6.45) is 0. The van der Waals surface area contributed by atoms with Gasteiger partial charge in [-0.05, 0) is 6.92 Å². The van der Waals surface area contributed by atoms with Gasteiger partial charge in [0, 0.05) is 6.54 Å². The van der Waals surface area contributed by atoms with Gasteiger partial charge in [0.05, 0.1) is 19.8 Å². The van der Waals surface area contributed by atoms with E-state index in [1.54, 1.807) is 6.92 Å². The molecule has 0 unspecified atom stereocenters. The van der Waals surface area contributed by atoms with E-state index in [2.05, 4.69) is 10.1 Å². The van der Waals surface area contributed by atoms with Gasteiger partial charge in [-0.2, -0.15) is 0 Å². The van der Waals surface area contributed by atoms with Gasteiger partial charge in [0.2, 0.25) is 5.91 Å². The number of ether oxygens (including phenoxy) is 2. The van der Waals surface area contributed by atoms with Crippen molar-refractivity contribution in [1.82, 2.24) is 5.32 Å². The summed E-state index contributed by atoms with van der Waals surface area (Å²) in [6, 6.07) is 0. The molecule has 0 aromatic carbocycles. The van der Waals surface area contributed by atoms with Gasteiger partial charge in [0.15, 0.2) is 0 Å². The molecule has 3 N–H and O–H groups in total. The Bertz CT molecular complexity index is 184. The fourth-order valence-corrected chi connectivity index (χ4v) is 0.720. The van der Waals surface area contributed by atoms with Crippen molar-refractivity contribution in [3.63, 3.8) is 0 Å². The number of nitrogens with one attached hydrogen (secondary N) is 1. The van der Waals surface area contributed by atoms with E-state index in [1.165, 1.54) is 0 Å². The number of nitrogens with two attached hydrogens (primary N) is 1. The highest BCUT2D eigenvalue weighted by atomic mass is 16.5. The van der Waals surface area contributed by atoms with Gasteiger partial charge in [-0.25, -0.2) is 0 Å². The summed E-state index contributed by atoms with van der Waals surface area (Å²) < 4.78 is 9.52. The Balaban J connectivity index is 3.13. The third kappa shape index (κ3) is 8.95. The zero-order chi connectivity index (χ0) is 10.8. The van der Waals surface area contributed by atoms with Gasteiger partial charge in [0.1, 0.15) is 6.61 Å². The highest BCUT2D eigenvalue weighted by molar-refractivity contribution is 5.75. The molecule has 6 heteroatoms. The lowest BCUT2D eigenvalue weighted by Gasteiger charge is -2.04. The fourth-order valence-electron chi connectivity index (χ4n) is 0.720. The van der Waals surface area contributed by atoms with Crippen molar-refractivity contribution in [1.29, 1.82) is 0 Å². The van der Waals surface area contributed by atoms with Crippen LogP contribution in [0.15, 0.2) is 0 Å². The second-order valence-corrected chi connectivity index (χ2v) is 2.50. The number of carbonyl (C=O) groups is 2. The zero-order valence-electron chi connectivity index (χ0n) is 8.25. The number of amides is 1. The van der Waals surface area contributed by atoms with E-state index in [4.69, 9.17) is 10.5 Å². The maximum atomic E-state index is 10.8. The average molecular weight is 204 g/mol. The molecule has 0 aliphatic heterocycles. The Morgan fingerprint density at radius 2 is 2.14 bits per heavy atom. The van der Waals surface area contributed by atoms with Crippen LogP contribution in [0, 0.1) is 0 Å². The highest BCUT2D eigenvalue weighted by Crippen LogP contribution is 1.76. The summed E-state index contributed by atoms with van der Waals surface area (Å²) in [6.45, 7) is 2.98. The first kappa shape index (κ1) is 12.9. The number of carbonyl (C=O) groups excluding carboxylic acids is 2. The van der Waals surface area contributed by atoms with Crippen molar-refractivity contribution < 1.29 is 19.1 Å². The van der Waals surface area contributed by atoms with Gasteiger partial charge in [-0.15, -0.1) is 0 Å². The molecule has 0 spiro atoms. The van der Waals surface area contributed by atoms with Gasteiger partial charge in [0.25, 0.3) is 0 Å². The first-order chi connectivity index (χ1) is 6.66. The van der Waals surface area contributed by atoms with Crippen LogP contribution >= 0.6 is 0 Å². The third-order valence-electron chi connectivity index (χ3n) is 1.24. The molecular weight excluding hydrogens is 188 g/mol. The number of hydrogen-bond donors (Lipinski definition) is 2. The predicted molar refractivity (Wildman–Crippen MR) is 49.5 cm³/mol. The molecule has 0 aromatic rings. The van der Waals surface area contributed by atoms with Crippen LogP contribution in [-0.4, -0.2) is 44.8 Å². The number of primary amides is 1. The quantitative estimate of drug-likeness (QED) is 0.376. The van der Waals surface area contributed by atoms with Crippen LogP contribution in [0.1, 0.15) is 6.92 Å². The van der Waals surface area contributed by atoms with Crippen LogP contribution < -0.4 is 11.1 Å². The first-order valence-electron chi connectivity index (χ1n) is 4.39.